The van der Waals surface area contributed by atoms with Gasteiger partial charge in [-0.2, -0.15) is 13.2 Å². The minimum absolute atomic E-state index is 0.199. The Labute approximate surface area is 139 Å². The maximum atomic E-state index is 12.3. The summed E-state index contributed by atoms with van der Waals surface area (Å²) < 4.78 is 36.8. The van der Waals surface area contributed by atoms with Gasteiger partial charge in [0.2, 0.25) is 5.84 Å². The highest BCUT2D eigenvalue weighted by atomic mass is 19.4. The lowest BCUT2D eigenvalue weighted by Crippen LogP contribution is -2.30. The summed E-state index contributed by atoms with van der Waals surface area (Å²) in [6, 6.07) is 0. The van der Waals surface area contributed by atoms with Crippen molar-refractivity contribution < 1.29 is 13.2 Å². The number of amidine groups is 1. The second-order valence-corrected chi connectivity index (χ2v) is 5.09. The molecule has 0 amide bonds. The van der Waals surface area contributed by atoms with Gasteiger partial charge in [-0.15, -0.1) is 0 Å². The normalized spacial score (nSPS) is 13.4. The fourth-order valence-electron chi connectivity index (χ4n) is 1.51. The molecule has 3 N–H and O–H groups in total. The number of halogens is 3. The van der Waals surface area contributed by atoms with E-state index in [2.05, 4.69) is 20.3 Å². The standard InChI is InChI=1S/C15H21F3N6/c1-4-11(6-5-7-24(2)3)8-20-12-9-22-13(10-21-12)23-14(19)15(16,17)18/h5-7,9-10H,4,8H2,1-3H3,(H,20,21)(H2,19,22,23)/b7-5-,11-6+. The molecule has 0 spiro atoms. The average Bonchev–Trinajstić information content (AvgIpc) is 2.50. The van der Waals surface area contributed by atoms with E-state index in [1.807, 2.05) is 44.3 Å². The van der Waals surface area contributed by atoms with Crippen molar-refractivity contribution >= 4 is 17.5 Å². The minimum Gasteiger partial charge on any atom is -0.383 e. The second kappa shape index (κ2) is 8.90. The molecule has 1 heterocycles. The molecular weight excluding hydrogens is 321 g/mol. The van der Waals surface area contributed by atoms with Crippen LogP contribution in [0.5, 0.6) is 0 Å². The van der Waals surface area contributed by atoms with Crippen LogP contribution < -0.4 is 11.1 Å². The first-order valence-corrected chi connectivity index (χ1v) is 7.22. The Balaban J connectivity index is 2.67. The molecule has 0 fully saturated rings. The number of nitrogens with one attached hydrogen (secondary N) is 1. The van der Waals surface area contributed by atoms with Gasteiger partial charge in [0.15, 0.2) is 5.82 Å². The molecule has 6 nitrogen and oxygen atoms in total. The summed E-state index contributed by atoms with van der Waals surface area (Å²) >= 11 is 0. The van der Waals surface area contributed by atoms with Gasteiger partial charge in [-0.05, 0) is 18.7 Å². The molecular formula is C15H21F3N6. The minimum atomic E-state index is -4.68. The predicted octanol–water partition coefficient (Wildman–Crippen LogP) is 2.85. The number of rotatable bonds is 7. The van der Waals surface area contributed by atoms with Gasteiger partial charge in [-0.1, -0.05) is 18.6 Å². The number of aromatic nitrogens is 2. The Morgan fingerprint density at radius 1 is 1.33 bits per heavy atom. The first-order valence-electron chi connectivity index (χ1n) is 7.22. The van der Waals surface area contributed by atoms with E-state index in [1.54, 1.807) is 0 Å². The fourth-order valence-corrected chi connectivity index (χ4v) is 1.51. The summed E-state index contributed by atoms with van der Waals surface area (Å²) in [6.07, 6.45) is 4.45. The van der Waals surface area contributed by atoms with Gasteiger partial charge < -0.3 is 16.0 Å². The van der Waals surface area contributed by atoms with Crippen molar-refractivity contribution in [2.45, 2.75) is 19.5 Å². The third-order valence-corrected chi connectivity index (χ3v) is 2.83. The number of nitrogens with zero attached hydrogens (tertiary/aromatic N) is 4. The zero-order valence-corrected chi connectivity index (χ0v) is 13.8. The third kappa shape index (κ3) is 7.12. The largest absolute Gasteiger partial charge is 0.449 e. The van der Waals surface area contributed by atoms with Gasteiger partial charge >= 0.3 is 6.18 Å². The monoisotopic (exact) mass is 342 g/mol. The van der Waals surface area contributed by atoms with Gasteiger partial charge in [0.1, 0.15) is 5.82 Å². The summed E-state index contributed by atoms with van der Waals surface area (Å²) in [6.45, 7) is 2.58. The van der Waals surface area contributed by atoms with Gasteiger partial charge in [-0.3, -0.25) is 0 Å². The van der Waals surface area contributed by atoms with Crippen molar-refractivity contribution in [1.82, 2.24) is 14.9 Å². The average molecular weight is 342 g/mol. The topological polar surface area (TPSA) is 79.4 Å². The second-order valence-electron chi connectivity index (χ2n) is 5.09. The lowest BCUT2D eigenvalue weighted by atomic mass is 10.2. The number of nitrogens with two attached hydrogens (primary N) is 1. The van der Waals surface area contributed by atoms with E-state index in [0.29, 0.717) is 12.4 Å². The number of alkyl halides is 3. The first kappa shape index (κ1) is 19.5. The fraction of sp³-hybridized carbons (Fsp3) is 0.400. The zero-order valence-electron chi connectivity index (χ0n) is 13.8. The number of aliphatic imine (C=N–C) groups is 1. The first-order chi connectivity index (χ1) is 11.2. The van der Waals surface area contributed by atoms with E-state index in [1.165, 1.54) is 6.20 Å². The van der Waals surface area contributed by atoms with E-state index < -0.39 is 12.0 Å². The van der Waals surface area contributed by atoms with Crippen LogP contribution >= 0.6 is 0 Å². The molecule has 9 heteroatoms. The summed E-state index contributed by atoms with van der Waals surface area (Å²) in [4.78, 5) is 12.9. The summed E-state index contributed by atoms with van der Waals surface area (Å²) in [5.41, 5.74) is 5.97. The van der Waals surface area contributed by atoms with Crippen LogP contribution in [0.1, 0.15) is 13.3 Å². The van der Waals surface area contributed by atoms with Crippen LogP contribution in [0.3, 0.4) is 0 Å². The van der Waals surface area contributed by atoms with Crippen molar-refractivity contribution in [3.05, 3.63) is 36.3 Å². The van der Waals surface area contributed by atoms with E-state index in [0.717, 1.165) is 18.2 Å². The Morgan fingerprint density at radius 3 is 2.54 bits per heavy atom. The Kier molecular flexibility index (Phi) is 7.22. The van der Waals surface area contributed by atoms with E-state index in [4.69, 9.17) is 5.73 Å². The smallest absolute Gasteiger partial charge is 0.383 e. The molecule has 0 aliphatic carbocycles. The number of hydrogen-bond acceptors (Lipinski definition) is 5. The Bertz CT molecular complexity index is 603. The summed E-state index contributed by atoms with van der Waals surface area (Å²) in [5, 5.41) is 3.05. The predicted molar refractivity (Wildman–Crippen MR) is 89.1 cm³/mol. The van der Waals surface area contributed by atoms with E-state index in [-0.39, 0.29) is 5.82 Å². The lowest BCUT2D eigenvalue weighted by molar-refractivity contribution is -0.0598. The molecule has 24 heavy (non-hydrogen) atoms. The molecule has 1 aromatic rings. The van der Waals surface area contributed by atoms with Crippen LogP contribution in [-0.4, -0.2) is 47.5 Å². The van der Waals surface area contributed by atoms with Crippen LogP contribution in [0.4, 0.5) is 24.8 Å². The maximum Gasteiger partial charge on any atom is 0.449 e. The molecule has 0 unspecified atom stereocenters. The van der Waals surface area contributed by atoms with Crippen molar-refractivity contribution in [2.24, 2.45) is 10.7 Å². The molecule has 0 aliphatic rings. The highest BCUT2D eigenvalue weighted by Crippen LogP contribution is 2.17. The molecule has 0 aliphatic heterocycles. The van der Waals surface area contributed by atoms with Crippen LogP contribution in [0.2, 0.25) is 0 Å². The molecule has 0 saturated heterocycles. The molecule has 1 rings (SSSR count). The van der Waals surface area contributed by atoms with Gasteiger partial charge in [0.05, 0.1) is 12.4 Å². The SMILES string of the molecule is CC/C(=C\C=C/N(C)C)CNc1cnc(N=C(N)C(F)(F)F)cn1. The quantitative estimate of drug-likeness (QED) is 0.452. The molecule has 0 saturated carbocycles. The van der Waals surface area contributed by atoms with Crippen LogP contribution in [0.25, 0.3) is 0 Å². The van der Waals surface area contributed by atoms with Gasteiger partial charge in [0.25, 0.3) is 0 Å². The van der Waals surface area contributed by atoms with Crippen molar-refractivity contribution in [2.75, 3.05) is 26.0 Å². The lowest BCUT2D eigenvalue weighted by Gasteiger charge is -2.08. The van der Waals surface area contributed by atoms with Gasteiger partial charge in [-0.25, -0.2) is 15.0 Å². The summed E-state index contributed by atoms with van der Waals surface area (Å²) in [5.74, 6) is -1.22. The van der Waals surface area contributed by atoms with Crippen LogP contribution in [0, 0.1) is 0 Å². The molecule has 0 bridgehead atoms. The summed E-state index contributed by atoms with van der Waals surface area (Å²) in [7, 11) is 3.86. The molecule has 0 atom stereocenters. The Morgan fingerprint density at radius 2 is 2.04 bits per heavy atom. The number of allylic oxidation sites excluding steroid dienone is 2. The Hall–Kier alpha value is -2.58. The van der Waals surface area contributed by atoms with Crippen molar-refractivity contribution in [3.8, 4) is 0 Å². The van der Waals surface area contributed by atoms with E-state index >= 15 is 0 Å². The van der Waals surface area contributed by atoms with Crippen LogP contribution in [0.15, 0.2) is 41.3 Å². The van der Waals surface area contributed by atoms with Crippen LogP contribution in [-0.2, 0) is 0 Å². The molecule has 0 aromatic carbocycles. The maximum absolute atomic E-state index is 12.3. The number of anilines is 1. The molecule has 132 valence electrons. The van der Waals surface area contributed by atoms with E-state index in [9.17, 15) is 13.2 Å². The van der Waals surface area contributed by atoms with Gasteiger partial charge in [0, 0.05) is 20.6 Å². The van der Waals surface area contributed by atoms with Crippen molar-refractivity contribution in [3.63, 3.8) is 0 Å². The molecule has 0 radical (unpaired) electrons. The molecule has 1 aromatic heterocycles. The highest BCUT2D eigenvalue weighted by Gasteiger charge is 2.33. The van der Waals surface area contributed by atoms with Crippen molar-refractivity contribution in [1.29, 1.82) is 0 Å². The zero-order chi connectivity index (χ0) is 18.2. The third-order valence-electron chi connectivity index (χ3n) is 2.83. The highest BCUT2D eigenvalue weighted by molar-refractivity contribution is 5.87. The number of hydrogen-bond donors (Lipinski definition) is 2.